The summed E-state index contributed by atoms with van der Waals surface area (Å²) in [7, 11) is 0. The fourth-order valence-electron chi connectivity index (χ4n) is 3.07. The van der Waals surface area contributed by atoms with Crippen molar-refractivity contribution in [3.63, 3.8) is 0 Å². The smallest absolute Gasteiger partial charge is 0.281 e. The largest absolute Gasteiger partial charge is 0.322 e. The van der Waals surface area contributed by atoms with Crippen LogP contribution in [0.25, 0.3) is 10.1 Å². The second-order valence-corrected chi connectivity index (χ2v) is 9.06. The third-order valence-electron chi connectivity index (χ3n) is 4.79. The minimum Gasteiger partial charge on any atom is -0.322 e. The van der Waals surface area contributed by atoms with Gasteiger partial charge >= 0.3 is 0 Å². The Labute approximate surface area is 203 Å². The molecular formula is C24H17Cl2N3O3S. The first-order chi connectivity index (χ1) is 15.8. The number of fused-ring (bicyclic) bond motifs is 1. The molecule has 0 radical (unpaired) electrons. The molecule has 166 valence electrons. The van der Waals surface area contributed by atoms with Gasteiger partial charge in [-0.2, -0.15) is 0 Å². The molecule has 0 fully saturated rings. The Hall–Kier alpha value is -3.39. The lowest BCUT2D eigenvalue weighted by atomic mass is 10.1. The summed E-state index contributed by atoms with van der Waals surface area (Å²) in [5.74, 6) is -1.31. The highest BCUT2D eigenvalue weighted by atomic mass is 35.5. The van der Waals surface area contributed by atoms with E-state index in [4.69, 9.17) is 23.2 Å². The SMILES string of the molecule is Cc1ccc2c(Cl)c(C(=O)NNC(=O)c3ccc(NC(=O)c4ccc(Cl)cc4)cc3)sc2c1. The number of carbonyl (C=O) groups excluding carboxylic acids is 3. The standard InChI is InChI=1S/C24H17Cl2N3O3S/c1-13-2-11-18-19(12-13)33-21(20(18)26)24(32)29-28-23(31)15-5-9-17(10-6-15)27-22(30)14-3-7-16(25)8-4-14/h2-12H,1H3,(H,27,30)(H,28,31)(H,29,32). The molecule has 1 heterocycles. The van der Waals surface area contributed by atoms with Gasteiger partial charge in [0.1, 0.15) is 4.88 Å². The molecule has 3 amide bonds. The second kappa shape index (κ2) is 9.62. The van der Waals surface area contributed by atoms with Crippen LogP contribution in [0.5, 0.6) is 0 Å². The zero-order chi connectivity index (χ0) is 23.5. The molecule has 6 nitrogen and oxygen atoms in total. The number of benzene rings is 3. The van der Waals surface area contributed by atoms with E-state index in [0.29, 0.717) is 31.7 Å². The Morgan fingerprint density at radius 3 is 2.06 bits per heavy atom. The van der Waals surface area contributed by atoms with Crippen molar-refractivity contribution in [3.8, 4) is 0 Å². The molecule has 0 aliphatic carbocycles. The zero-order valence-corrected chi connectivity index (χ0v) is 19.6. The number of nitrogens with one attached hydrogen (secondary N) is 3. The van der Waals surface area contributed by atoms with E-state index in [2.05, 4.69) is 16.2 Å². The molecule has 0 spiro atoms. The third kappa shape index (κ3) is 5.17. The number of rotatable bonds is 4. The fourth-order valence-corrected chi connectivity index (χ4v) is 4.71. The maximum atomic E-state index is 12.5. The van der Waals surface area contributed by atoms with E-state index in [9.17, 15) is 14.4 Å². The highest BCUT2D eigenvalue weighted by molar-refractivity contribution is 7.21. The topological polar surface area (TPSA) is 87.3 Å². The lowest BCUT2D eigenvalue weighted by molar-refractivity contribution is 0.0849. The molecular weight excluding hydrogens is 481 g/mol. The summed E-state index contributed by atoms with van der Waals surface area (Å²) < 4.78 is 0.896. The minimum absolute atomic E-state index is 0.300. The first-order valence-corrected chi connectivity index (χ1v) is 11.4. The predicted molar refractivity (Wildman–Crippen MR) is 132 cm³/mol. The molecule has 33 heavy (non-hydrogen) atoms. The van der Waals surface area contributed by atoms with Gasteiger partial charge in [-0.05, 0) is 67.1 Å². The van der Waals surface area contributed by atoms with Crippen LogP contribution in [0.2, 0.25) is 10.0 Å². The number of halogens is 2. The molecule has 4 rings (SSSR count). The van der Waals surface area contributed by atoms with Gasteiger partial charge in [-0.3, -0.25) is 25.2 Å². The quantitative estimate of drug-likeness (QED) is 0.309. The van der Waals surface area contributed by atoms with Crippen LogP contribution < -0.4 is 16.2 Å². The summed E-state index contributed by atoms with van der Waals surface area (Å²) in [6.45, 7) is 1.96. The van der Waals surface area contributed by atoms with Crippen molar-refractivity contribution in [1.29, 1.82) is 0 Å². The predicted octanol–water partition coefficient (Wildman–Crippen LogP) is 5.84. The van der Waals surface area contributed by atoms with Crippen LogP contribution in [0, 0.1) is 6.92 Å². The molecule has 0 saturated carbocycles. The van der Waals surface area contributed by atoms with Crippen LogP contribution in [0.1, 0.15) is 36.0 Å². The summed E-state index contributed by atoms with van der Waals surface area (Å²) in [6.07, 6.45) is 0. The lowest BCUT2D eigenvalue weighted by Gasteiger charge is -2.08. The van der Waals surface area contributed by atoms with Gasteiger partial charge in [0.05, 0.1) is 5.02 Å². The molecule has 0 aliphatic heterocycles. The van der Waals surface area contributed by atoms with Gasteiger partial charge < -0.3 is 5.32 Å². The van der Waals surface area contributed by atoms with Gasteiger partial charge in [0.25, 0.3) is 17.7 Å². The Bertz CT molecular complexity index is 1370. The van der Waals surface area contributed by atoms with Crippen LogP contribution >= 0.6 is 34.5 Å². The first kappa shape index (κ1) is 22.8. The van der Waals surface area contributed by atoms with E-state index >= 15 is 0 Å². The van der Waals surface area contributed by atoms with Crippen molar-refractivity contribution in [2.75, 3.05) is 5.32 Å². The monoisotopic (exact) mass is 497 g/mol. The molecule has 9 heteroatoms. The number of carbonyl (C=O) groups is 3. The van der Waals surface area contributed by atoms with Crippen LogP contribution in [0.4, 0.5) is 5.69 Å². The minimum atomic E-state index is -0.507. The number of hydrogen-bond acceptors (Lipinski definition) is 4. The van der Waals surface area contributed by atoms with E-state index in [1.54, 1.807) is 36.4 Å². The number of anilines is 1. The molecule has 4 aromatic rings. The van der Waals surface area contributed by atoms with Gasteiger partial charge in [-0.1, -0.05) is 35.3 Å². The summed E-state index contributed by atoms with van der Waals surface area (Å²) in [4.78, 5) is 37.5. The van der Waals surface area contributed by atoms with Gasteiger partial charge in [-0.25, -0.2) is 0 Å². The number of amides is 3. The van der Waals surface area contributed by atoms with Crippen molar-refractivity contribution in [2.24, 2.45) is 0 Å². The zero-order valence-electron chi connectivity index (χ0n) is 17.2. The normalized spacial score (nSPS) is 10.6. The van der Waals surface area contributed by atoms with Gasteiger partial charge in [0.2, 0.25) is 0 Å². The van der Waals surface area contributed by atoms with Crippen molar-refractivity contribution < 1.29 is 14.4 Å². The van der Waals surface area contributed by atoms with Crippen LogP contribution in [-0.4, -0.2) is 17.7 Å². The Morgan fingerprint density at radius 1 is 0.758 bits per heavy atom. The summed E-state index contributed by atoms with van der Waals surface area (Å²) in [5, 5.41) is 4.42. The first-order valence-electron chi connectivity index (χ1n) is 9.78. The maximum absolute atomic E-state index is 12.5. The van der Waals surface area contributed by atoms with E-state index in [1.807, 2.05) is 25.1 Å². The number of hydrazine groups is 1. The Kier molecular flexibility index (Phi) is 6.65. The molecule has 1 aromatic heterocycles. The molecule has 0 aliphatic rings. The summed E-state index contributed by atoms with van der Waals surface area (Å²) in [5.41, 5.74) is 7.12. The molecule has 0 saturated heterocycles. The third-order valence-corrected chi connectivity index (χ3v) is 6.70. The fraction of sp³-hybridized carbons (Fsp3) is 0.0417. The number of aryl methyl sites for hydroxylation is 1. The van der Waals surface area contributed by atoms with Gasteiger partial charge in [0, 0.05) is 31.9 Å². The number of thiophene rings is 1. The molecule has 3 N–H and O–H groups in total. The van der Waals surface area contributed by atoms with Crippen LogP contribution in [0.3, 0.4) is 0 Å². The van der Waals surface area contributed by atoms with E-state index < -0.39 is 11.8 Å². The number of hydrogen-bond donors (Lipinski definition) is 3. The summed E-state index contributed by atoms with van der Waals surface area (Å²) in [6, 6.07) is 18.5. The van der Waals surface area contributed by atoms with E-state index in [0.717, 1.165) is 15.6 Å². The Morgan fingerprint density at radius 2 is 1.36 bits per heavy atom. The van der Waals surface area contributed by atoms with Crippen molar-refractivity contribution in [1.82, 2.24) is 10.9 Å². The van der Waals surface area contributed by atoms with Gasteiger partial charge in [-0.15, -0.1) is 11.3 Å². The van der Waals surface area contributed by atoms with Crippen LogP contribution in [-0.2, 0) is 0 Å². The lowest BCUT2D eigenvalue weighted by Crippen LogP contribution is -2.41. The average molecular weight is 498 g/mol. The second-order valence-electron chi connectivity index (χ2n) is 7.19. The molecule has 0 unspecified atom stereocenters. The highest BCUT2D eigenvalue weighted by Crippen LogP contribution is 2.35. The maximum Gasteiger partial charge on any atom is 0.281 e. The van der Waals surface area contributed by atoms with E-state index in [-0.39, 0.29) is 5.91 Å². The highest BCUT2D eigenvalue weighted by Gasteiger charge is 2.18. The average Bonchev–Trinajstić information content (AvgIpc) is 3.13. The van der Waals surface area contributed by atoms with Gasteiger partial charge in [0.15, 0.2) is 0 Å². The summed E-state index contributed by atoms with van der Waals surface area (Å²) >= 11 is 13.4. The van der Waals surface area contributed by atoms with Crippen molar-refractivity contribution in [3.05, 3.63) is 98.3 Å². The van der Waals surface area contributed by atoms with Crippen molar-refractivity contribution >= 4 is 68.0 Å². The van der Waals surface area contributed by atoms with Crippen molar-refractivity contribution in [2.45, 2.75) is 6.92 Å². The molecule has 0 bridgehead atoms. The van der Waals surface area contributed by atoms with E-state index in [1.165, 1.54) is 23.5 Å². The molecule has 0 atom stereocenters. The Balaban J connectivity index is 1.37. The van der Waals surface area contributed by atoms with Crippen LogP contribution in [0.15, 0.2) is 66.7 Å². The molecule has 3 aromatic carbocycles.